The molecule has 6 nitrogen and oxygen atoms in total. The summed E-state index contributed by atoms with van der Waals surface area (Å²) < 4.78 is 18.6. The second-order valence-corrected chi connectivity index (χ2v) is 5.74. The Morgan fingerprint density at radius 2 is 1.70 bits per heavy atom. The summed E-state index contributed by atoms with van der Waals surface area (Å²) in [5, 5.41) is 13.8. The maximum Gasteiger partial charge on any atom is 0.275 e. The number of hydrogen-bond acceptors (Lipinski definition) is 4. The standard InChI is InChI=1S/C20H15FN2O4/c21-15-8-6-14(7-9-15)10-20(24)22-16-11-17(23(25)26)13-19(12-16)27-18-4-2-1-3-5-18/h1-9,11-13H,10H2,(H,22,24). The molecular formula is C20H15FN2O4. The summed E-state index contributed by atoms with van der Waals surface area (Å²) in [6.45, 7) is 0. The molecule has 27 heavy (non-hydrogen) atoms. The summed E-state index contributed by atoms with van der Waals surface area (Å²) in [6, 6.07) is 18.4. The monoisotopic (exact) mass is 366 g/mol. The highest BCUT2D eigenvalue weighted by Gasteiger charge is 2.13. The fraction of sp³-hybridized carbons (Fsp3) is 0.0500. The van der Waals surface area contributed by atoms with E-state index in [4.69, 9.17) is 4.74 Å². The SMILES string of the molecule is O=C(Cc1ccc(F)cc1)Nc1cc(Oc2ccccc2)cc([N+](=O)[O-])c1. The third-order valence-corrected chi connectivity index (χ3v) is 3.64. The maximum atomic E-state index is 12.9. The van der Waals surface area contributed by atoms with E-state index >= 15 is 0 Å². The molecule has 0 saturated heterocycles. The van der Waals surface area contributed by atoms with Gasteiger partial charge in [-0.3, -0.25) is 14.9 Å². The van der Waals surface area contributed by atoms with Crippen LogP contribution in [0.5, 0.6) is 11.5 Å². The number of anilines is 1. The van der Waals surface area contributed by atoms with Crippen molar-refractivity contribution in [3.63, 3.8) is 0 Å². The Morgan fingerprint density at radius 3 is 2.37 bits per heavy atom. The Labute approximate surface area is 154 Å². The fourth-order valence-electron chi connectivity index (χ4n) is 2.44. The van der Waals surface area contributed by atoms with Crippen molar-refractivity contribution >= 4 is 17.3 Å². The van der Waals surface area contributed by atoms with Crippen LogP contribution in [0.3, 0.4) is 0 Å². The Morgan fingerprint density at radius 1 is 1.00 bits per heavy atom. The van der Waals surface area contributed by atoms with Crippen LogP contribution in [0, 0.1) is 15.9 Å². The van der Waals surface area contributed by atoms with Gasteiger partial charge in [0.15, 0.2) is 0 Å². The molecule has 0 aliphatic rings. The molecule has 0 aromatic heterocycles. The molecular weight excluding hydrogens is 351 g/mol. The molecule has 0 heterocycles. The van der Waals surface area contributed by atoms with Gasteiger partial charge in [0, 0.05) is 12.1 Å². The van der Waals surface area contributed by atoms with E-state index in [1.165, 1.54) is 42.5 Å². The number of nitrogens with zero attached hydrogens (tertiary/aromatic N) is 1. The predicted octanol–water partition coefficient (Wildman–Crippen LogP) is 4.71. The molecule has 0 spiro atoms. The highest BCUT2D eigenvalue weighted by Crippen LogP contribution is 2.29. The zero-order valence-electron chi connectivity index (χ0n) is 14.1. The van der Waals surface area contributed by atoms with E-state index in [0.717, 1.165) is 0 Å². The molecule has 3 aromatic carbocycles. The number of nitro groups is 1. The van der Waals surface area contributed by atoms with Crippen molar-refractivity contribution < 1.29 is 18.8 Å². The topological polar surface area (TPSA) is 81.5 Å². The Kier molecular flexibility index (Phi) is 5.41. The quantitative estimate of drug-likeness (QED) is 0.506. The highest BCUT2D eigenvalue weighted by molar-refractivity contribution is 5.92. The van der Waals surface area contributed by atoms with Crippen molar-refractivity contribution in [2.24, 2.45) is 0 Å². The van der Waals surface area contributed by atoms with E-state index in [9.17, 15) is 19.3 Å². The number of ether oxygens (including phenoxy) is 1. The molecule has 0 radical (unpaired) electrons. The summed E-state index contributed by atoms with van der Waals surface area (Å²) in [6.07, 6.45) is 0.0118. The van der Waals surface area contributed by atoms with E-state index in [0.29, 0.717) is 11.3 Å². The predicted molar refractivity (Wildman–Crippen MR) is 98.3 cm³/mol. The van der Waals surface area contributed by atoms with Crippen molar-refractivity contribution in [3.05, 3.63) is 94.3 Å². The van der Waals surface area contributed by atoms with Gasteiger partial charge in [-0.05, 0) is 29.8 Å². The second kappa shape index (κ2) is 8.09. The van der Waals surface area contributed by atoms with Gasteiger partial charge < -0.3 is 10.1 Å². The number of halogens is 1. The third-order valence-electron chi connectivity index (χ3n) is 3.64. The van der Waals surface area contributed by atoms with Gasteiger partial charge in [0.25, 0.3) is 5.69 Å². The summed E-state index contributed by atoms with van der Waals surface area (Å²) in [4.78, 5) is 22.8. The lowest BCUT2D eigenvalue weighted by Crippen LogP contribution is -2.14. The van der Waals surface area contributed by atoms with Crippen molar-refractivity contribution in [3.8, 4) is 11.5 Å². The van der Waals surface area contributed by atoms with Crippen LogP contribution >= 0.6 is 0 Å². The molecule has 0 aliphatic carbocycles. The van der Waals surface area contributed by atoms with Crippen molar-refractivity contribution in [2.75, 3.05) is 5.32 Å². The molecule has 3 aromatic rings. The van der Waals surface area contributed by atoms with Crippen LogP contribution in [0.15, 0.2) is 72.8 Å². The first kappa shape index (κ1) is 18.1. The number of carbonyl (C=O) groups excluding carboxylic acids is 1. The molecule has 0 atom stereocenters. The molecule has 0 bridgehead atoms. The summed E-state index contributed by atoms with van der Waals surface area (Å²) in [7, 11) is 0. The zero-order valence-corrected chi connectivity index (χ0v) is 14.1. The number of non-ortho nitro benzene ring substituents is 1. The molecule has 0 fully saturated rings. The van der Waals surface area contributed by atoms with E-state index in [-0.39, 0.29) is 35.3 Å². The number of para-hydroxylation sites is 1. The first-order valence-corrected chi connectivity index (χ1v) is 8.06. The van der Waals surface area contributed by atoms with E-state index in [1.807, 2.05) is 6.07 Å². The van der Waals surface area contributed by atoms with Gasteiger partial charge in [0.2, 0.25) is 5.91 Å². The van der Waals surface area contributed by atoms with Crippen LogP contribution in [0.1, 0.15) is 5.56 Å². The number of rotatable bonds is 6. The second-order valence-electron chi connectivity index (χ2n) is 5.74. The average Bonchev–Trinajstić information content (AvgIpc) is 2.64. The summed E-state index contributed by atoms with van der Waals surface area (Å²) in [5.74, 6) is -0.0256. The van der Waals surface area contributed by atoms with Gasteiger partial charge in [0.05, 0.1) is 23.1 Å². The summed E-state index contributed by atoms with van der Waals surface area (Å²) >= 11 is 0. The van der Waals surface area contributed by atoms with Gasteiger partial charge in [0.1, 0.15) is 17.3 Å². The highest BCUT2D eigenvalue weighted by atomic mass is 19.1. The number of nitrogens with one attached hydrogen (secondary N) is 1. The average molecular weight is 366 g/mol. The third kappa shape index (κ3) is 5.12. The molecule has 3 rings (SSSR count). The van der Waals surface area contributed by atoms with Gasteiger partial charge in [-0.15, -0.1) is 0 Å². The van der Waals surface area contributed by atoms with Crippen molar-refractivity contribution in [1.29, 1.82) is 0 Å². The lowest BCUT2D eigenvalue weighted by atomic mass is 10.1. The number of hydrogen-bond donors (Lipinski definition) is 1. The van der Waals surface area contributed by atoms with Crippen LogP contribution in [0.2, 0.25) is 0 Å². The van der Waals surface area contributed by atoms with Crippen LogP contribution in [-0.4, -0.2) is 10.8 Å². The Hall–Kier alpha value is -3.74. The first-order chi connectivity index (χ1) is 13.0. The van der Waals surface area contributed by atoms with Crippen molar-refractivity contribution in [1.82, 2.24) is 0 Å². The van der Waals surface area contributed by atoms with Crippen LogP contribution in [0.25, 0.3) is 0 Å². The molecule has 0 aliphatic heterocycles. The lowest BCUT2D eigenvalue weighted by Gasteiger charge is -2.09. The normalized spacial score (nSPS) is 10.3. The molecule has 1 amide bonds. The van der Waals surface area contributed by atoms with Gasteiger partial charge in [-0.1, -0.05) is 30.3 Å². The number of nitro benzene ring substituents is 1. The minimum absolute atomic E-state index is 0.0118. The lowest BCUT2D eigenvalue weighted by molar-refractivity contribution is -0.384. The van der Waals surface area contributed by atoms with E-state index in [2.05, 4.69) is 5.32 Å². The van der Waals surface area contributed by atoms with Gasteiger partial charge in [-0.2, -0.15) is 0 Å². The Balaban J connectivity index is 1.78. The molecule has 1 N–H and O–H groups in total. The molecule has 7 heteroatoms. The van der Waals surface area contributed by atoms with Crippen LogP contribution in [0.4, 0.5) is 15.8 Å². The van der Waals surface area contributed by atoms with Gasteiger partial charge in [-0.25, -0.2) is 4.39 Å². The number of benzene rings is 3. The largest absolute Gasteiger partial charge is 0.457 e. The molecule has 0 saturated carbocycles. The Bertz CT molecular complexity index is 959. The summed E-state index contributed by atoms with van der Waals surface area (Å²) in [5.41, 5.74) is 0.655. The molecule has 0 unspecified atom stereocenters. The van der Waals surface area contributed by atoms with E-state index in [1.54, 1.807) is 24.3 Å². The fourth-order valence-corrected chi connectivity index (χ4v) is 2.44. The molecule has 136 valence electrons. The minimum Gasteiger partial charge on any atom is -0.457 e. The van der Waals surface area contributed by atoms with Crippen molar-refractivity contribution in [2.45, 2.75) is 6.42 Å². The first-order valence-electron chi connectivity index (χ1n) is 8.06. The zero-order chi connectivity index (χ0) is 19.2. The smallest absolute Gasteiger partial charge is 0.275 e. The maximum absolute atomic E-state index is 12.9. The van der Waals surface area contributed by atoms with Gasteiger partial charge >= 0.3 is 0 Å². The van der Waals surface area contributed by atoms with Crippen LogP contribution in [-0.2, 0) is 11.2 Å². The van der Waals surface area contributed by atoms with Crippen LogP contribution < -0.4 is 10.1 Å². The minimum atomic E-state index is -0.562. The van der Waals surface area contributed by atoms with E-state index < -0.39 is 4.92 Å². The number of amides is 1. The number of carbonyl (C=O) groups is 1.